The first kappa shape index (κ1) is 11.8. The molecule has 1 aliphatic rings. The largest absolute Gasteiger partial charge is 0.478 e. The highest BCUT2D eigenvalue weighted by atomic mass is 32.1. The average molecular weight is 251 g/mol. The monoisotopic (exact) mass is 251 g/mol. The molecule has 90 valence electrons. The molecule has 1 aliphatic heterocycles. The summed E-state index contributed by atoms with van der Waals surface area (Å²) in [5, 5.41) is 14.2. The van der Waals surface area contributed by atoms with E-state index < -0.39 is 5.97 Å². The van der Waals surface area contributed by atoms with Crippen molar-refractivity contribution in [2.75, 3.05) is 5.01 Å². The van der Waals surface area contributed by atoms with Gasteiger partial charge in [0.05, 0.1) is 11.3 Å². The van der Waals surface area contributed by atoms with Crippen LogP contribution in [-0.2, 0) is 0 Å². The second kappa shape index (κ2) is 3.97. The number of carbonyl (C=O) groups is 1. The Morgan fingerprint density at radius 2 is 1.94 bits per heavy atom. The van der Waals surface area contributed by atoms with Gasteiger partial charge in [-0.2, -0.15) is 0 Å². The summed E-state index contributed by atoms with van der Waals surface area (Å²) in [6.45, 7) is 3.93. The summed E-state index contributed by atoms with van der Waals surface area (Å²) in [6.07, 6.45) is 0. The molecule has 1 heterocycles. The number of carboxylic acid groups (broad SMARTS) is 1. The van der Waals surface area contributed by atoms with Gasteiger partial charge in [0.15, 0.2) is 5.11 Å². The number of aromatic carboxylic acids is 1. The van der Waals surface area contributed by atoms with Crippen LogP contribution >= 0.6 is 12.2 Å². The summed E-state index contributed by atoms with van der Waals surface area (Å²) in [4.78, 5) is 10.7. The summed E-state index contributed by atoms with van der Waals surface area (Å²) in [7, 11) is 0. The third-order valence-corrected chi connectivity index (χ3v) is 2.67. The lowest BCUT2D eigenvalue weighted by Gasteiger charge is -2.20. The molecule has 1 saturated heterocycles. The minimum absolute atomic E-state index is 0.256. The van der Waals surface area contributed by atoms with Crippen LogP contribution in [-0.4, -0.2) is 21.9 Å². The molecule has 5 nitrogen and oxygen atoms in total. The van der Waals surface area contributed by atoms with Crippen LogP contribution < -0.4 is 15.8 Å². The second-order valence-electron chi connectivity index (χ2n) is 4.35. The number of hydrazine groups is 1. The molecule has 3 N–H and O–H groups in total. The van der Waals surface area contributed by atoms with Gasteiger partial charge in [-0.3, -0.25) is 5.01 Å². The number of benzene rings is 1. The zero-order chi connectivity index (χ0) is 12.6. The molecule has 0 bridgehead atoms. The quantitative estimate of drug-likeness (QED) is 0.689. The molecular weight excluding hydrogens is 238 g/mol. The predicted molar refractivity (Wildman–Crippen MR) is 68.8 cm³/mol. The maximum Gasteiger partial charge on any atom is 0.335 e. The van der Waals surface area contributed by atoms with Crippen LogP contribution in [0.3, 0.4) is 0 Å². The molecule has 0 spiro atoms. The minimum Gasteiger partial charge on any atom is -0.478 e. The molecule has 0 aliphatic carbocycles. The van der Waals surface area contributed by atoms with Gasteiger partial charge in [-0.25, -0.2) is 10.2 Å². The second-order valence-corrected chi connectivity index (χ2v) is 4.74. The van der Waals surface area contributed by atoms with Crippen molar-refractivity contribution in [1.29, 1.82) is 0 Å². The third-order valence-electron chi connectivity index (χ3n) is 2.39. The van der Waals surface area contributed by atoms with Gasteiger partial charge in [-0.1, -0.05) is 0 Å². The van der Waals surface area contributed by atoms with Gasteiger partial charge < -0.3 is 10.4 Å². The Balaban J connectivity index is 2.24. The Kier molecular flexibility index (Phi) is 2.76. The normalized spacial score (nSPS) is 18.0. The van der Waals surface area contributed by atoms with Crippen LogP contribution in [0.1, 0.15) is 24.2 Å². The van der Waals surface area contributed by atoms with E-state index in [0.29, 0.717) is 5.11 Å². The first-order chi connectivity index (χ1) is 7.89. The predicted octanol–water partition coefficient (Wildman–Crippen LogP) is 1.32. The van der Waals surface area contributed by atoms with Crippen LogP contribution in [0.25, 0.3) is 0 Å². The van der Waals surface area contributed by atoms with E-state index in [9.17, 15) is 4.79 Å². The minimum atomic E-state index is -0.938. The molecule has 0 atom stereocenters. The van der Waals surface area contributed by atoms with Gasteiger partial charge in [0, 0.05) is 0 Å². The SMILES string of the molecule is CC1(C)NC(=S)N(c2ccc(C(=O)O)cc2)N1. The van der Waals surface area contributed by atoms with Gasteiger partial charge in [-0.05, 0) is 50.3 Å². The summed E-state index contributed by atoms with van der Waals surface area (Å²) in [5.74, 6) is -0.938. The van der Waals surface area contributed by atoms with Crippen molar-refractivity contribution in [2.45, 2.75) is 19.5 Å². The Hall–Kier alpha value is -1.66. The highest BCUT2D eigenvalue weighted by Gasteiger charge is 2.32. The van der Waals surface area contributed by atoms with Gasteiger partial charge in [0.2, 0.25) is 0 Å². The standard InChI is InChI=1S/C11H13N3O2S/c1-11(2)12-10(17)14(13-11)8-5-3-7(4-6-8)9(15)16/h3-6,13H,1-2H3,(H,12,17)(H,15,16). The van der Waals surface area contributed by atoms with Crippen LogP contribution in [0.5, 0.6) is 0 Å². The van der Waals surface area contributed by atoms with E-state index in [-0.39, 0.29) is 11.2 Å². The number of hydrogen-bond donors (Lipinski definition) is 3. The molecular formula is C11H13N3O2S. The van der Waals surface area contributed by atoms with E-state index in [0.717, 1.165) is 5.69 Å². The topological polar surface area (TPSA) is 64.6 Å². The van der Waals surface area contributed by atoms with Crippen molar-refractivity contribution in [2.24, 2.45) is 0 Å². The van der Waals surface area contributed by atoms with E-state index in [1.165, 1.54) is 0 Å². The molecule has 1 aromatic carbocycles. The lowest BCUT2D eigenvalue weighted by atomic mass is 10.2. The van der Waals surface area contributed by atoms with E-state index in [2.05, 4.69) is 10.7 Å². The van der Waals surface area contributed by atoms with Crippen LogP contribution in [0.2, 0.25) is 0 Å². The zero-order valence-electron chi connectivity index (χ0n) is 9.52. The molecule has 6 heteroatoms. The van der Waals surface area contributed by atoms with Crippen molar-refractivity contribution in [3.63, 3.8) is 0 Å². The van der Waals surface area contributed by atoms with Crippen molar-refractivity contribution in [1.82, 2.24) is 10.7 Å². The lowest BCUT2D eigenvalue weighted by molar-refractivity contribution is 0.0697. The van der Waals surface area contributed by atoms with Crippen molar-refractivity contribution >= 4 is 29.0 Å². The van der Waals surface area contributed by atoms with Crippen LogP contribution in [0, 0.1) is 0 Å². The fourth-order valence-corrected chi connectivity index (χ4v) is 2.02. The number of rotatable bonds is 2. The van der Waals surface area contributed by atoms with E-state index in [4.69, 9.17) is 17.3 Å². The first-order valence-electron chi connectivity index (χ1n) is 5.12. The molecule has 1 aromatic rings. The number of nitrogens with zero attached hydrogens (tertiary/aromatic N) is 1. The van der Waals surface area contributed by atoms with Crippen LogP contribution in [0.4, 0.5) is 5.69 Å². The molecule has 2 rings (SSSR count). The molecule has 0 aromatic heterocycles. The smallest absolute Gasteiger partial charge is 0.335 e. The number of thiocarbonyl (C=S) groups is 1. The van der Waals surface area contributed by atoms with Crippen molar-refractivity contribution in [3.8, 4) is 0 Å². The number of anilines is 1. The summed E-state index contributed by atoms with van der Waals surface area (Å²) >= 11 is 5.19. The number of hydrogen-bond acceptors (Lipinski definition) is 3. The molecule has 1 fully saturated rings. The third kappa shape index (κ3) is 2.37. The Morgan fingerprint density at radius 1 is 1.35 bits per heavy atom. The molecule has 0 radical (unpaired) electrons. The van der Waals surface area contributed by atoms with E-state index in [1.54, 1.807) is 29.3 Å². The summed E-state index contributed by atoms with van der Waals surface area (Å²) in [5.41, 5.74) is 3.93. The van der Waals surface area contributed by atoms with Crippen molar-refractivity contribution < 1.29 is 9.90 Å². The van der Waals surface area contributed by atoms with Gasteiger partial charge >= 0.3 is 5.97 Å². The maximum absolute atomic E-state index is 10.7. The fraction of sp³-hybridized carbons (Fsp3) is 0.273. The van der Waals surface area contributed by atoms with Crippen LogP contribution in [0.15, 0.2) is 24.3 Å². The fourth-order valence-electron chi connectivity index (χ4n) is 1.62. The Bertz CT molecular complexity index is 470. The zero-order valence-corrected chi connectivity index (χ0v) is 10.3. The molecule has 0 unspecified atom stereocenters. The lowest BCUT2D eigenvalue weighted by Crippen LogP contribution is -2.45. The Labute approximate surface area is 104 Å². The summed E-state index contributed by atoms with van der Waals surface area (Å²) < 4.78 is 0. The van der Waals surface area contributed by atoms with Gasteiger partial charge in [0.25, 0.3) is 0 Å². The van der Waals surface area contributed by atoms with Crippen molar-refractivity contribution in [3.05, 3.63) is 29.8 Å². The highest BCUT2D eigenvalue weighted by molar-refractivity contribution is 7.80. The first-order valence-corrected chi connectivity index (χ1v) is 5.53. The van der Waals surface area contributed by atoms with Gasteiger partial charge in [0.1, 0.15) is 5.66 Å². The van der Waals surface area contributed by atoms with E-state index >= 15 is 0 Å². The molecule has 0 amide bonds. The van der Waals surface area contributed by atoms with Gasteiger partial charge in [-0.15, -0.1) is 0 Å². The molecule has 0 saturated carbocycles. The number of nitrogens with one attached hydrogen (secondary N) is 2. The summed E-state index contributed by atoms with van der Waals surface area (Å²) in [6, 6.07) is 6.53. The average Bonchev–Trinajstić information content (AvgIpc) is 2.52. The Morgan fingerprint density at radius 3 is 2.35 bits per heavy atom. The van der Waals surface area contributed by atoms with E-state index in [1.807, 2.05) is 13.8 Å². The number of carboxylic acids is 1. The molecule has 17 heavy (non-hydrogen) atoms. The maximum atomic E-state index is 10.7. The highest BCUT2D eigenvalue weighted by Crippen LogP contribution is 2.19.